The fourth-order valence-electron chi connectivity index (χ4n) is 3.15. The molecule has 0 radical (unpaired) electrons. The average Bonchev–Trinajstić information content (AvgIpc) is 2.91. The first-order valence-corrected chi connectivity index (χ1v) is 7.78. The number of carbonyl (C=O) groups excluding carboxylic acids is 1. The summed E-state index contributed by atoms with van der Waals surface area (Å²) < 4.78 is 0. The summed E-state index contributed by atoms with van der Waals surface area (Å²) in [6.45, 7) is 9.11. The van der Waals surface area contributed by atoms with Crippen molar-refractivity contribution in [2.75, 3.05) is 19.6 Å². The van der Waals surface area contributed by atoms with Crippen LogP contribution in [0.1, 0.15) is 45.2 Å². The first-order chi connectivity index (χ1) is 9.69. The van der Waals surface area contributed by atoms with E-state index in [2.05, 4.69) is 42.7 Å². The SMILES string of the molecule is CCN(CC)[C@H](C(=O)N1CCCC1C)c1ccccc1. The first-order valence-electron chi connectivity index (χ1n) is 7.78. The average molecular weight is 274 g/mol. The molecule has 1 aromatic rings. The Morgan fingerprint density at radius 1 is 1.30 bits per heavy atom. The molecule has 0 aromatic heterocycles. The highest BCUT2D eigenvalue weighted by Crippen LogP contribution is 2.27. The maximum absolute atomic E-state index is 13.0. The molecule has 3 nitrogen and oxygen atoms in total. The minimum absolute atomic E-state index is 0.133. The Labute approximate surface area is 122 Å². The lowest BCUT2D eigenvalue weighted by Gasteiger charge is -2.34. The van der Waals surface area contributed by atoms with Gasteiger partial charge in [0.25, 0.3) is 0 Å². The zero-order chi connectivity index (χ0) is 14.5. The normalized spacial score (nSPS) is 20.4. The Balaban J connectivity index is 2.29. The third-order valence-electron chi connectivity index (χ3n) is 4.36. The van der Waals surface area contributed by atoms with Crippen LogP contribution >= 0.6 is 0 Å². The van der Waals surface area contributed by atoms with Gasteiger partial charge in [-0.05, 0) is 38.4 Å². The number of hydrogen-bond donors (Lipinski definition) is 0. The Hall–Kier alpha value is -1.35. The van der Waals surface area contributed by atoms with Crippen LogP contribution in [0.4, 0.5) is 0 Å². The lowest BCUT2D eigenvalue weighted by Crippen LogP contribution is -2.44. The summed E-state index contributed by atoms with van der Waals surface area (Å²) in [7, 11) is 0. The van der Waals surface area contributed by atoms with Crippen LogP contribution in [0.5, 0.6) is 0 Å². The minimum Gasteiger partial charge on any atom is -0.338 e. The van der Waals surface area contributed by atoms with Gasteiger partial charge in [-0.1, -0.05) is 44.2 Å². The van der Waals surface area contributed by atoms with Crippen LogP contribution in [0, 0.1) is 0 Å². The standard InChI is InChI=1S/C17H26N2O/c1-4-18(5-2)16(15-11-7-6-8-12-15)17(20)19-13-9-10-14(19)3/h6-8,11-12,14,16H,4-5,9-10,13H2,1-3H3/t14?,16-/m0/s1. The van der Waals surface area contributed by atoms with Gasteiger partial charge in [0.05, 0.1) is 0 Å². The van der Waals surface area contributed by atoms with Crippen LogP contribution in [-0.4, -0.2) is 41.4 Å². The Bertz CT molecular complexity index is 428. The molecule has 1 aliphatic heterocycles. The minimum atomic E-state index is -0.133. The van der Waals surface area contributed by atoms with Crippen LogP contribution in [0.25, 0.3) is 0 Å². The maximum Gasteiger partial charge on any atom is 0.244 e. The van der Waals surface area contributed by atoms with Crippen molar-refractivity contribution in [1.29, 1.82) is 0 Å². The van der Waals surface area contributed by atoms with E-state index in [4.69, 9.17) is 0 Å². The van der Waals surface area contributed by atoms with Gasteiger partial charge in [-0.2, -0.15) is 0 Å². The molecule has 20 heavy (non-hydrogen) atoms. The molecular formula is C17H26N2O. The van der Waals surface area contributed by atoms with E-state index in [-0.39, 0.29) is 11.9 Å². The highest BCUT2D eigenvalue weighted by molar-refractivity contribution is 5.83. The largest absolute Gasteiger partial charge is 0.338 e. The molecule has 0 aliphatic carbocycles. The van der Waals surface area contributed by atoms with E-state index < -0.39 is 0 Å². The van der Waals surface area contributed by atoms with Gasteiger partial charge in [-0.25, -0.2) is 0 Å². The fourth-order valence-corrected chi connectivity index (χ4v) is 3.15. The van der Waals surface area contributed by atoms with Gasteiger partial charge in [0.1, 0.15) is 6.04 Å². The van der Waals surface area contributed by atoms with Crippen LogP contribution in [0.3, 0.4) is 0 Å². The van der Waals surface area contributed by atoms with E-state index in [1.807, 2.05) is 18.2 Å². The number of nitrogens with zero attached hydrogens (tertiary/aromatic N) is 2. The summed E-state index contributed by atoms with van der Waals surface area (Å²) >= 11 is 0. The van der Waals surface area contributed by atoms with Crippen molar-refractivity contribution in [3.05, 3.63) is 35.9 Å². The monoisotopic (exact) mass is 274 g/mol. The molecule has 2 rings (SSSR count). The second-order valence-corrected chi connectivity index (χ2v) is 5.56. The van der Waals surface area contributed by atoms with E-state index in [0.29, 0.717) is 6.04 Å². The molecular weight excluding hydrogens is 248 g/mol. The van der Waals surface area contributed by atoms with Crippen LogP contribution < -0.4 is 0 Å². The van der Waals surface area contributed by atoms with Crippen molar-refractivity contribution in [3.8, 4) is 0 Å². The summed E-state index contributed by atoms with van der Waals surface area (Å²) in [5.41, 5.74) is 1.11. The molecule has 1 saturated heterocycles. The quantitative estimate of drug-likeness (QED) is 0.824. The van der Waals surface area contributed by atoms with Crippen LogP contribution in [-0.2, 0) is 4.79 Å². The Morgan fingerprint density at radius 2 is 1.95 bits per heavy atom. The molecule has 2 atom stereocenters. The Kier molecular flexibility index (Phi) is 5.18. The molecule has 1 unspecified atom stereocenters. The van der Waals surface area contributed by atoms with Crippen molar-refractivity contribution < 1.29 is 4.79 Å². The molecule has 0 spiro atoms. The zero-order valence-electron chi connectivity index (χ0n) is 12.9. The molecule has 1 amide bonds. The second kappa shape index (κ2) is 6.89. The molecule has 3 heteroatoms. The fraction of sp³-hybridized carbons (Fsp3) is 0.588. The van der Waals surface area contributed by atoms with Gasteiger partial charge in [-0.3, -0.25) is 9.69 Å². The molecule has 0 N–H and O–H groups in total. The summed E-state index contributed by atoms with van der Waals surface area (Å²) in [5, 5.41) is 0. The lowest BCUT2D eigenvalue weighted by molar-refractivity contribution is -0.137. The molecule has 110 valence electrons. The predicted octanol–water partition coefficient (Wildman–Crippen LogP) is 3.08. The third kappa shape index (κ3) is 3.04. The number of likely N-dealkylation sites (tertiary alicyclic amines) is 1. The van der Waals surface area contributed by atoms with Crippen molar-refractivity contribution in [2.45, 2.75) is 45.7 Å². The number of rotatable bonds is 5. The Morgan fingerprint density at radius 3 is 2.45 bits per heavy atom. The van der Waals surface area contributed by atoms with Gasteiger partial charge >= 0.3 is 0 Å². The number of carbonyl (C=O) groups is 1. The highest BCUT2D eigenvalue weighted by atomic mass is 16.2. The number of amides is 1. The van der Waals surface area contributed by atoms with Gasteiger partial charge in [0.2, 0.25) is 5.91 Å². The maximum atomic E-state index is 13.0. The van der Waals surface area contributed by atoms with E-state index >= 15 is 0 Å². The highest BCUT2D eigenvalue weighted by Gasteiger charge is 2.34. The second-order valence-electron chi connectivity index (χ2n) is 5.56. The van der Waals surface area contributed by atoms with Crippen molar-refractivity contribution in [2.24, 2.45) is 0 Å². The van der Waals surface area contributed by atoms with Gasteiger partial charge in [-0.15, -0.1) is 0 Å². The van der Waals surface area contributed by atoms with Gasteiger partial charge in [0, 0.05) is 12.6 Å². The summed E-state index contributed by atoms with van der Waals surface area (Å²) in [6.07, 6.45) is 2.26. The molecule has 0 bridgehead atoms. The first kappa shape index (κ1) is 15.0. The van der Waals surface area contributed by atoms with Crippen LogP contribution in [0.15, 0.2) is 30.3 Å². The van der Waals surface area contributed by atoms with E-state index in [1.165, 1.54) is 0 Å². The van der Waals surface area contributed by atoms with Crippen molar-refractivity contribution >= 4 is 5.91 Å². The third-order valence-corrected chi connectivity index (χ3v) is 4.36. The smallest absolute Gasteiger partial charge is 0.244 e. The summed E-state index contributed by atoms with van der Waals surface area (Å²) in [4.78, 5) is 17.3. The van der Waals surface area contributed by atoms with Gasteiger partial charge < -0.3 is 4.90 Å². The summed E-state index contributed by atoms with van der Waals surface area (Å²) in [6, 6.07) is 10.4. The topological polar surface area (TPSA) is 23.6 Å². The zero-order valence-corrected chi connectivity index (χ0v) is 12.9. The number of hydrogen-bond acceptors (Lipinski definition) is 2. The molecule has 1 heterocycles. The molecule has 1 aromatic carbocycles. The lowest BCUT2D eigenvalue weighted by atomic mass is 10.0. The van der Waals surface area contributed by atoms with Gasteiger partial charge in [0.15, 0.2) is 0 Å². The number of benzene rings is 1. The van der Waals surface area contributed by atoms with Crippen molar-refractivity contribution in [3.63, 3.8) is 0 Å². The van der Waals surface area contributed by atoms with E-state index in [1.54, 1.807) is 0 Å². The van der Waals surface area contributed by atoms with E-state index in [0.717, 1.165) is 38.0 Å². The number of likely N-dealkylation sites (N-methyl/N-ethyl adjacent to an activating group) is 1. The van der Waals surface area contributed by atoms with Crippen LogP contribution in [0.2, 0.25) is 0 Å². The van der Waals surface area contributed by atoms with Crippen molar-refractivity contribution in [1.82, 2.24) is 9.80 Å². The molecule has 0 saturated carbocycles. The molecule has 1 aliphatic rings. The predicted molar refractivity (Wildman–Crippen MR) is 82.5 cm³/mol. The van der Waals surface area contributed by atoms with E-state index in [9.17, 15) is 4.79 Å². The molecule has 1 fully saturated rings. The summed E-state index contributed by atoms with van der Waals surface area (Å²) in [5.74, 6) is 0.268.